The number of benzene rings is 1. The van der Waals surface area contributed by atoms with Crippen molar-refractivity contribution in [2.45, 2.75) is 18.9 Å². The molecule has 1 aliphatic heterocycles. The zero-order valence-electron chi connectivity index (χ0n) is 10.2. The van der Waals surface area contributed by atoms with E-state index in [1.165, 1.54) is 6.07 Å². The fourth-order valence-electron chi connectivity index (χ4n) is 1.94. The molecule has 0 unspecified atom stereocenters. The van der Waals surface area contributed by atoms with Crippen molar-refractivity contribution in [2.75, 3.05) is 25.0 Å². The number of ether oxygens (including phenoxy) is 1. The first kappa shape index (κ1) is 12.9. The largest absolute Gasteiger partial charge is 0.508 e. The van der Waals surface area contributed by atoms with Gasteiger partial charge in [-0.05, 0) is 38.1 Å². The highest BCUT2D eigenvalue weighted by molar-refractivity contribution is 5.91. The summed E-state index contributed by atoms with van der Waals surface area (Å²) < 4.78 is 5.53. The van der Waals surface area contributed by atoms with Gasteiger partial charge in [-0.25, -0.2) is 0 Å². The van der Waals surface area contributed by atoms with Crippen molar-refractivity contribution in [1.82, 2.24) is 5.32 Å². The van der Waals surface area contributed by atoms with Gasteiger partial charge >= 0.3 is 0 Å². The van der Waals surface area contributed by atoms with Crippen LogP contribution in [0.1, 0.15) is 12.8 Å². The maximum atomic E-state index is 11.6. The van der Waals surface area contributed by atoms with E-state index < -0.39 is 0 Å². The second-order valence-corrected chi connectivity index (χ2v) is 4.36. The van der Waals surface area contributed by atoms with E-state index in [-0.39, 0.29) is 24.4 Å². The highest BCUT2D eigenvalue weighted by atomic mass is 16.5. The molecule has 98 valence electrons. The second-order valence-electron chi connectivity index (χ2n) is 4.36. The third-order valence-electron chi connectivity index (χ3n) is 2.87. The van der Waals surface area contributed by atoms with Gasteiger partial charge in [-0.2, -0.15) is 0 Å². The van der Waals surface area contributed by atoms with E-state index in [2.05, 4.69) is 10.6 Å². The number of carbonyl (C=O) groups is 1. The molecule has 0 aliphatic carbocycles. The molecule has 0 bridgehead atoms. The first-order chi connectivity index (χ1) is 8.74. The molecule has 0 aromatic heterocycles. The van der Waals surface area contributed by atoms with E-state index in [1.807, 2.05) is 0 Å². The Balaban J connectivity index is 1.74. The van der Waals surface area contributed by atoms with Crippen LogP contribution in [0, 0.1) is 0 Å². The van der Waals surface area contributed by atoms with Crippen LogP contribution in [-0.2, 0) is 9.53 Å². The summed E-state index contributed by atoms with van der Waals surface area (Å²) in [5.41, 5.74) is 0.578. The first-order valence-corrected chi connectivity index (χ1v) is 6.15. The number of anilines is 1. The Kier molecular flexibility index (Phi) is 4.55. The van der Waals surface area contributed by atoms with Crippen molar-refractivity contribution in [3.8, 4) is 5.75 Å². The van der Waals surface area contributed by atoms with E-state index in [0.717, 1.165) is 25.9 Å². The lowest BCUT2D eigenvalue weighted by Gasteiger charge is -2.22. The Morgan fingerprint density at radius 2 is 2.22 bits per heavy atom. The van der Waals surface area contributed by atoms with Crippen LogP contribution in [0.5, 0.6) is 5.75 Å². The van der Waals surface area contributed by atoms with Gasteiger partial charge in [0.1, 0.15) is 12.4 Å². The third kappa shape index (κ3) is 4.01. The number of hydrogen-bond donors (Lipinski definition) is 3. The number of rotatable bonds is 4. The molecular formula is C13H18N2O3. The fourth-order valence-corrected chi connectivity index (χ4v) is 1.94. The lowest BCUT2D eigenvalue weighted by Crippen LogP contribution is -2.34. The Morgan fingerprint density at radius 3 is 2.94 bits per heavy atom. The van der Waals surface area contributed by atoms with E-state index in [4.69, 9.17) is 4.74 Å². The number of carbonyl (C=O) groups excluding carboxylic acids is 1. The SMILES string of the molecule is O=C(COC1CCNCC1)Nc1cccc(O)c1. The normalized spacial score (nSPS) is 16.4. The van der Waals surface area contributed by atoms with Crippen LogP contribution in [0.25, 0.3) is 0 Å². The quantitative estimate of drug-likeness (QED) is 0.748. The van der Waals surface area contributed by atoms with Crippen LogP contribution in [0.2, 0.25) is 0 Å². The topological polar surface area (TPSA) is 70.6 Å². The van der Waals surface area contributed by atoms with Crippen LogP contribution in [0.4, 0.5) is 5.69 Å². The number of phenols is 1. The third-order valence-corrected chi connectivity index (χ3v) is 2.87. The number of amides is 1. The molecule has 1 amide bonds. The second kappa shape index (κ2) is 6.37. The van der Waals surface area contributed by atoms with Crippen LogP contribution >= 0.6 is 0 Å². The predicted octanol–water partition coefficient (Wildman–Crippen LogP) is 1.10. The number of aromatic hydroxyl groups is 1. The van der Waals surface area contributed by atoms with E-state index >= 15 is 0 Å². The van der Waals surface area contributed by atoms with E-state index in [0.29, 0.717) is 5.69 Å². The minimum atomic E-state index is -0.195. The molecular weight excluding hydrogens is 232 g/mol. The molecule has 1 saturated heterocycles. The van der Waals surface area contributed by atoms with Gasteiger partial charge in [0.2, 0.25) is 5.91 Å². The number of phenolic OH excluding ortho intramolecular Hbond substituents is 1. The average molecular weight is 250 g/mol. The van der Waals surface area contributed by atoms with Gasteiger partial charge in [-0.1, -0.05) is 6.07 Å². The molecule has 18 heavy (non-hydrogen) atoms. The van der Waals surface area contributed by atoms with Crippen molar-refractivity contribution in [2.24, 2.45) is 0 Å². The molecule has 1 fully saturated rings. The summed E-state index contributed by atoms with van der Waals surface area (Å²) in [5.74, 6) is -0.0637. The zero-order chi connectivity index (χ0) is 12.8. The minimum Gasteiger partial charge on any atom is -0.508 e. The van der Waals surface area contributed by atoms with Crippen LogP contribution < -0.4 is 10.6 Å². The number of piperidine rings is 1. The molecule has 0 spiro atoms. The van der Waals surface area contributed by atoms with Crippen molar-refractivity contribution < 1.29 is 14.6 Å². The molecule has 1 aromatic rings. The summed E-state index contributed by atoms with van der Waals surface area (Å²) in [4.78, 5) is 11.6. The highest BCUT2D eigenvalue weighted by Gasteiger charge is 2.14. The maximum Gasteiger partial charge on any atom is 0.250 e. The summed E-state index contributed by atoms with van der Waals surface area (Å²) in [6, 6.07) is 6.46. The fraction of sp³-hybridized carbons (Fsp3) is 0.462. The molecule has 5 nitrogen and oxygen atoms in total. The number of nitrogens with one attached hydrogen (secondary N) is 2. The smallest absolute Gasteiger partial charge is 0.250 e. The minimum absolute atomic E-state index is 0.0559. The zero-order valence-corrected chi connectivity index (χ0v) is 10.2. The van der Waals surface area contributed by atoms with Crippen molar-refractivity contribution >= 4 is 11.6 Å². The van der Waals surface area contributed by atoms with Crippen molar-refractivity contribution in [3.05, 3.63) is 24.3 Å². The Hall–Kier alpha value is -1.59. The standard InChI is InChI=1S/C13H18N2O3/c16-11-3-1-2-10(8-11)15-13(17)9-18-12-4-6-14-7-5-12/h1-3,8,12,14,16H,4-7,9H2,(H,15,17). The Labute approximate surface area is 106 Å². The monoisotopic (exact) mass is 250 g/mol. The lowest BCUT2D eigenvalue weighted by molar-refractivity contribution is -0.123. The van der Waals surface area contributed by atoms with Gasteiger partial charge in [0.25, 0.3) is 0 Å². The summed E-state index contributed by atoms with van der Waals surface area (Å²) in [7, 11) is 0. The van der Waals surface area contributed by atoms with Crippen LogP contribution in [0.15, 0.2) is 24.3 Å². The summed E-state index contributed by atoms with van der Waals surface area (Å²) in [6.45, 7) is 1.94. The average Bonchev–Trinajstić information content (AvgIpc) is 2.38. The highest BCUT2D eigenvalue weighted by Crippen LogP contribution is 2.15. The van der Waals surface area contributed by atoms with E-state index in [1.54, 1.807) is 18.2 Å². The Bertz CT molecular complexity index is 403. The number of hydrogen-bond acceptors (Lipinski definition) is 4. The van der Waals surface area contributed by atoms with Crippen molar-refractivity contribution in [1.29, 1.82) is 0 Å². The summed E-state index contributed by atoms with van der Waals surface area (Å²) >= 11 is 0. The van der Waals surface area contributed by atoms with Gasteiger partial charge in [-0.3, -0.25) is 4.79 Å². The molecule has 1 aromatic carbocycles. The van der Waals surface area contributed by atoms with E-state index in [9.17, 15) is 9.90 Å². The molecule has 1 heterocycles. The molecule has 1 aliphatic rings. The van der Waals surface area contributed by atoms with Gasteiger partial charge < -0.3 is 20.5 Å². The van der Waals surface area contributed by atoms with Crippen molar-refractivity contribution in [3.63, 3.8) is 0 Å². The lowest BCUT2D eigenvalue weighted by atomic mass is 10.1. The summed E-state index contributed by atoms with van der Waals surface area (Å²) in [5, 5.41) is 15.2. The molecule has 5 heteroatoms. The Morgan fingerprint density at radius 1 is 1.44 bits per heavy atom. The molecule has 2 rings (SSSR count). The predicted molar refractivity (Wildman–Crippen MR) is 68.6 cm³/mol. The molecule has 0 saturated carbocycles. The van der Waals surface area contributed by atoms with Crippen LogP contribution in [-0.4, -0.2) is 36.8 Å². The molecule has 0 atom stereocenters. The maximum absolute atomic E-state index is 11.6. The van der Waals surface area contributed by atoms with Gasteiger partial charge in [0.05, 0.1) is 6.10 Å². The molecule has 3 N–H and O–H groups in total. The van der Waals surface area contributed by atoms with Gasteiger partial charge in [0, 0.05) is 11.8 Å². The van der Waals surface area contributed by atoms with Gasteiger partial charge in [0.15, 0.2) is 0 Å². The first-order valence-electron chi connectivity index (χ1n) is 6.15. The van der Waals surface area contributed by atoms with Crippen LogP contribution in [0.3, 0.4) is 0 Å². The molecule has 0 radical (unpaired) electrons. The summed E-state index contributed by atoms with van der Waals surface area (Å²) in [6.07, 6.45) is 2.06. The van der Waals surface area contributed by atoms with Gasteiger partial charge in [-0.15, -0.1) is 0 Å².